The van der Waals surface area contributed by atoms with Crippen LogP contribution >= 0.6 is 0 Å². The summed E-state index contributed by atoms with van der Waals surface area (Å²) in [5.41, 5.74) is 2.23. The largest absolute Gasteiger partial charge is 0.381 e. The van der Waals surface area contributed by atoms with Gasteiger partial charge in [0.15, 0.2) is 5.82 Å². The quantitative estimate of drug-likeness (QED) is 0.855. The Kier molecular flexibility index (Phi) is 3.80. The molecule has 20 heavy (non-hydrogen) atoms. The summed E-state index contributed by atoms with van der Waals surface area (Å²) in [7, 11) is 4.11. The topological polar surface area (TPSA) is 51.4 Å². The van der Waals surface area contributed by atoms with Gasteiger partial charge in [0.2, 0.25) is 0 Å². The Balaban J connectivity index is 1.75. The Morgan fingerprint density at radius 1 is 1.25 bits per heavy atom. The van der Waals surface area contributed by atoms with Crippen LogP contribution < -0.4 is 0 Å². The third kappa shape index (κ3) is 2.89. The maximum Gasteiger partial charge on any atom is 0.257 e. The summed E-state index contributed by atoms with van der Waals surface area (Å²) in [5.74, 6) is 1.62. The minimum absolute atomic E-state index is 0.278. The van der Waals surface area contributed by atoms with E-state index in [1.54, 1.807) is 0 Å². The predicted octanol–water partition coefficient (Wildman–Crippen LogP) is 2.30. The molecule has 1 atom stereocenters. The lowest BCUT2D eigenvalue weighted by Gasteiger charge is -2.09. The lowest BCUT2D eigenvalue weighted by molar-refractivity contribution is 0.192. The molecule has 5 nitrogen and oxygen atoms in total. The molecule has 0 spiro atoms. The van der Waals surface area contributed by atoms with Gasteiger partial charge in [-0.05, 0) is 38.2 Å². The predicted molar refractivity (Wildman–Crippen MR) is 75.3 cm³/mol. The van der Waals surface area contributed by atoms with Crippen molar-refractivity contribution in [3.63, 3.8) is 0 Å². The van der Waals surface area contributed by atoms with Gasteiger partial charge >= 0.3 is 0 Å². The Hall–Kier alpha value is -1.72. The number of hydrogen-bond acceptors (Lipinski definition) is 5. The maximum atomic E-state index is 5.36. The first-order chi connectivity index (χ1) is 9.72. The van der Waals surface area contributed by atoms with Crippen LogP contribution in [0.15, 0.2) is 28.8 Å². The van der Waals surface area contributed by atoms with Crippen molar-refractivity contribution in [2.75, 3.05) is 27.3 Å². The SMILES string of the molecule is CN(C)Cc1ccc(-c2nc([C@@H]3CCOC3)no2)cc1. The molecule has 0 bridgehead atoms. The van der Waals surface area contributed by atoms with E-state index < -0.39 is 0 Å². The van der Waals surface area contributed by atoms with Gasteiger partial charge in [0.05, 0.1) is 6.61 Å². The van der Waals surface area contributed by atoms with E-state index in [2.05, 4.69) is 41.3 Å². The number of aromatic nitrogens is 2. The van der Waals surface area contributed by atoms with Crippen molar-refractivity contribution in [2.45, 2.75) is 18.9 Å². The van der Waals surface area contributed by atoms with Crippen LogP contribution in [0, 0.1) is 0 Å². The van der Waals surface area contributed by atoms with E-state index in [1.165, 1.54) is 5.56 Å². The zero-order valence-electron chi connectivity index (χ0n) is 11.9. The van der Waals surface area contributed by atoms with Crippen LogP contribution in [0.4, 0.5) is 0 Å². The third-order valence-corrected chi connectivity index (χ3v) is 3.44. The lowest BCUT2D eigenvalue weighted by atomic mass is 10.1. The average Bonchev–Trinajstić information content (AvgIpc) is 3.10. The Morgan fingerprint density at radius 2 is 2.05 bits per heavy atom. The molecule has 106 valence electrons. The van der Waals surface area contributed by atoms with Crippen LogP contribution in [-0.2, 0) is 11.3 Å². The number of rotatable bonds is 4. The fourth-order valence-corrected chi connectivity index (χ4v) is 2.37. The molecule has 2 heterocycles. The van der Waals surface area contributed by atoms with E-state index >= 15 is 0 Å². The molecule has 2 aromatic rings. The van der Waals surface area contributed by atoms with Gasteiger partial charge in [0.1, 0.15) is 0 Å². The summed E-state index contributed by atoms with van der Waals surface area (Å²) in [6.07, 6.45) is 0.973. The van der Waals surface area contributed by atoms with E-state index in [-0.39, 0.29) is 5.92 Å². The van der Waals surface area contributed by atoms with Gasteiger partial charge in [-0.2, -0.15) is 4.98 Å². The molecule has 1 aliphatic rings. The number of ether oxygens (including phenoxy) is 1. The summed E-state index contributed by atoms with van der Waals surface area (Å²) in [6, 6.07) is 8.25. The molecule has 1 aromatic heterocycles. The normalized spacial score (nSPS) is 18.9. The first-order valence-corrected chi connectivity index (χ1v) is 6.88. The monoisotopic (exact) mass is 273 g/mol. The smallest absolute Gasteiger partial charge is 0.257 e. The molecule has 1 saturated heterocycles. The molecular formula is C15H19N3O2. The Morgan fingerprint density at radius 3 is 2.70 bits per heavy atom. The highest BCUT2D eigenvalue weighted by molar-refractivity contribution is 5.53. The van der Waals surface area contributed by atoms with Crippen LogP contribution in [0.5, 0.6) is 0 Å². The highest BCUT2D eigenvalue weighted by atomic mass is 16.5. The summed E-state index contributed by atoms with van der Waals surface area (Å²) in [6.45, 7) is 2.41. The molecule has 0 aliphatic carbocycles. The van der Waals surface area contributed by atoms with Crippen LogP contribution in [0.2, 0.25) is 0 Å². The van der Waals surface area contributed by atoms with Gasteiger partial charge in [0, 0.05) is 24.6 Å². The summed E-state index contributed by atoms with van der Waals surface area (Å²) in [4.78, 5) is 6.62. The van der Waals surface area contributed by atoms with Crippen molar-refractivity contribution in [1.82, 2.24) is 15.0 Å². The molecule has 1 aliphatic heterocycles. The average molecular weight is 273 g/mol. The molecule has 0 amide bonds. The van der Waals surface area contributed by atoms with E-state index in [4.69, 9.17) is 9.26 Å². The van der Waals surface area contributed by atoms with Crippen molar-refractivity contribution < 1.29 is 9.26 Å². The molecular weight excluding hydrogens is 254 g/mol. The molecule has 1 fully saturated rings. The van der Waals surface area contributed by atoms with Crippen molar-refractivity contribution in [3.8, 4) is 11.5 Å². The number of benzene rings is 1. The van der Waals surface area contributed by atoms with Gasteiger partial charge in [-0.1, -0.05) is 17.3 Å². The Bertz CT molecular complexity index is 557. The van der Waals surface area contributed by atoms with Crippen molar-refractivity contribution >= 4 is 0 Å². The zero-order chi connectivity index (χ0) is 13.9. The van der Waals surface area contributed by atoms with Crippen molar-refractivity contribution in [3.05, 3.63) is 35.7 Å². The molecule has 5 heteroatoms. The van der Waals surface area contributed by atoms with Gasteiger partial charge in [-0.15, -0.1) is 0 Å². The standard InChI is InChI=1S/C15H19N3O2/c1-18(2)9-11-3-5-12(6-4-11)15-16-14(17-20-15)13-7-8-19-10-13/h3-6,13H,7-10H2,1-2H3/t13-/m1/s1. The first kappa shape index (κ1) is 13.3. The fourth-order valence-electron chi connectivity index (χ4n) is 2.37. The molecule has 1 aromatic carbocycles. The third-order valence-electron chi connectivity index (χ3n) is 3.44. The van der Waals surface area contributed by atoms with Gasteiger partial charge in [-0.25, -0.2) is 0 Å². The molecule has 0 saturated carbocycles. The molecule has 0 radical (unpaired) electrons. The maximum absolute atomic E-state index is 5.36. The van der Waals surface area contributed by atoms with E-state index in [0.717, 1.165) is 31.0 Å². The highest BCUT2D eigenvalue weighted by Gasteiger charge is 2.23. The molecule has 3 rings (SSSR count). The second kappa shape index (κ2) is 5.73. The Labute approximate surface area is 118 Å². The summed E-state index contributed by atoms with van der Waals surface area (Å²) in [5, 5.41) is 4.07. The van der Waals surface area contributed by atoms with Gasteiger partial charge < -0.3 is 14.2 Å². The minimum Gasteiger partial charge on any atom is -0.381 e. The number of hydrogen-bond donors (Lipinski definition) is 0. The summed E-state index contributed by atoms with van der Waals surface area (Å²) >= 11 is 0. The van der Waals surface area contributed by atoms with Crippen molar-refractivity contribution in [2.24, 2.45) is 0 Å². The number of nitrogens with zero attached hydrogens (tertiary/aromatic N) is 3. The molecule has 0 N–H and O–H groups in total. The second-order valence-electron chi connectivity index (χ2n) is 5.45. The lowest BCUT2D eigenvalue weighted by Crippen LogP contribution is -2.10. The van der Waals surface area contributed by atoms with E-state index in [0.29, 0.717) is 12.5 Å². The van der Waals surface area contributed by atoms with E-state index in [1.807, 2.05) is 12.1 Å². The van der Waals surface area contributed by atoms with Gasteiger partial charge in [0.25, 0.3) is 5.89 Å². The van der Waals surface area contributed by atoms with Crippen LogP contribution in [-0.4, -0.2) is 42.3 Å². The van der Waals surface area contributed by atoms with Gasteiger partial charge in [-0.3, -0.25) is 0 Å². The first-order valence-electron chi connectivity index (χ1n) is 6.88. The van der Waals surface area contributed by atoms with Crippen LogP contribution in [0.25, 0.3) is 11.5 Å². The van der Waals surface area contributed by atoms with Crippen LogP contribution in [0.3, 0.4) is 0 Å². The van der Waals surface area contributed by atoms with E-state index in [9.17, 15) is 0 Å². The second-order valence-corrected chi connectivity index (χ2v) is 5.45. The zero-order valence-corrected chi connectivity index (χ0v) is 11.9. The van der Waals surface area contributed by atoms with Crippen LogP contribution in [0.1, 0.15) is 23.7 Å². The fraction of sp³-hybridized carbons (Fsp3) is 0.467. The molecule has 0 unspecified atom stereocenters. The minimum atomic E-state index is 0.278. The highest BCUT2D eigenvalue weighted by Crippen LogP contribution is 2.25. The van der Waals surface area contributed by atoms with Crippen molar-refractivity contribution in [1.29, 1.82) is 0 Å². The summed E-state index contributed by atoms with van der Waals surface area (Å²) < 4.78 is 10.7.